The molecule has 5 nitrogen and oxygen atoms in total. The summed E-state index contributed by atoms with van der Waals surface area (Å²) in [5.41, 5.74) is -0.258. The number of hydrogen-bond donors (Lipinski definition) is 1. The standard InChI is InChI=1S/C23H15F4N3O2/c24-17-6-4-15(5-7-17)19-20(29-18-3-1-2-16(12-18)23(25,26)27)22(32)30(21(19)31)13-14-8-10-28-11-9-14/h1-12,29H,13H2. The summed E-state index contributed by atoms with van der Waals surface area (Å²) in [6, 6.07) is 12.5. The number of carbonyl (C=O) groups is 2. The summed E-state index contributed by atoms with van der Waals surface area (Å²) in [7, 11) is 0. The molecule has 1 aliphatic heterocycles. The van der Waals surface area contributed by atoms with Crippen molar-refractivity contribution in [1.29, 1.82) is 0 Å². The van der Waals surface area contributed by atoms with E-state index >= 15 is 0 Å². The summed E-state index contributed by atoms with van der Waals surface area (Å²) < 4.78 is 52.7. The van der Waals surface area contributed by atoms with Crippen molar-refractivity contribution in [3.63, 3.8) is 0 Å². The molecule has 1 N–H and O–H groups in total. The number of halogens is 4. The van der Waals surface area contributed by atoms with E-state index in [1.807, 2.05) is 0 Å². The molecule has 3 aromatic rings. The van der Waals surface area contributed by atoms with Gasteiger partial charge in [0, 0.05) is 18.1 Å². The fourth-order valence-electron chi connectivity index (χ4n) is 3.31. The summed E-state index contributed by atoms with van der Waals surface area (Å²) in [6.07, 6.45) is -1.55. The van der Waals surface area contributed by atoms with Crippen molar-refractivity contribution in [3.05, 3.63) is 101 Å². The lowest BCUT2D eigenvalue weighted by atomic mass is 10.0. The highest BCUT2D eigenvalue weighted by atomic mass is 19.4. The quantitative estimate of drug-likeness (QED) is 0.463. The van der Waals surface area contributed by atoms with Crippen LogP contribution in [0.4, 0.5) is 23.2 Å². The molecule has 32 heavy (non-hydrogen) atoms. The lowest BCUT2D eigenvalue weighted by molar-refractivity contribution is -0.138. The minimum Gasteiger partial charge on any atom is -0.350 e. The zero-order chi connectivity index (χ0) is 22.9. The Balaban J connectivity index is 1.75. The van der Waals surface area contributed by atoms with Crippen molar-refractivity contribution in [3.8, 4) is 0 Å². The van der Waals surface area contributed by atoms with E-state index in [2.05, 4.69) is 10.3 Å². The van der Waals surface area contributed by atoms with Gasteiger partial charge in [-0.2, -0.15) is 13.2 Å². The predicted octanol–water partition coefficient (Wildman–Crippen LogP) is 4.63. The number of hydrogen-bond acceptors (Lipinski definition) is 4. The number of rotatable bonds is 5. The number of pyridine rings is 1. The number of imide groups is 1. The first kappa shape index (κ1) is 21.2. The molecule has 0 aliphatic carbocycles. The van der Waals surface area contributed by atoms with Gasteiger partial charge in [0.25, 0.3) is 11.8 Å². The van der Waals surface area contributed by atoms with E-state index in [0.29, 0.717) is 5.56 Å². The first-order valence-electron chi connectivity index (χ1n) is 9.43. The number of nitrogens with one attached hydrogen (secondary N) is 1. The topological polar surface area (TPSA) is 62.3 Å². The van der Waals surface area contributed by atoms with Crippen molar-refractivity contribution in [2.75, 3.05) is 5.32 Å². The van der Waals surface area contributed by atoms with Gasteiger partial charge in [0.15, 0.2) is 0 Å². The molecule has 0 bridgehead atoms. The second-order valence-electron chi connectivity index (χ2n) is 7.01. The third-order valence-corrected chi connectivity index (χ3v) is 4.85. The first-order chi connectivity index (χ1) is 15.2. The molecular weight excluding hydrogens is 426 g/mol. The monoisotopic (exact) mass is 441 g/mol. The number of carbonyl (C=O) groups excluding carboxylic acids is 2. The van der Waals surface area contributed by atoms with Crippen molar-refractivity contribution in [2.45, 2.75) is 12.7 Å². The van der Waals surface area contributed by atoms with E-state index in [0.717, 1.165) is 29.2 Å². The van der Waals surface area contributed by atoms with Crippen molar-refractivity contribution in [1.82, 2.24) is 9.88 Å². The number of alkyl halides is 3. The summed E-state index contributed by atoms with van der Waals surface area (Å²) in [5.74, 6) is -1.89. The molecule has 0 unspecified atom stereocenters. The molecule has 0 atom stereocenters. The molecule has 9 heteroatoms. The number of amides is 2. The Morgan fingerprint density at radius 1 is 0.906 bits per heavy atom. The molecule has 0 saturated carbocycles. The molecule has 0 spiro atoms. The Hall–Kier alpha value is -4.01. The lowest BCUT2D eigenvalue weighted by Gasteiger charge is -2.15. The van der Waals surface area contributed by atoms with Gasteiger partial charge in [0.05, 0.1) is 17.7 Å². The van der Waals surface area contributed by atoms with E-state index in [1.54, 1.807) is 12.1 Å². The highest BCUT2D eigenvalue weighted by Crippen LogP contribution is 2.34. The Labute approximate surface area is 180 Å². The highest BCUT2D eigenvalue weighted by molar-refractivity contribution is 6.36. The molecular formula is C23H15F4N3O2. The average molecular weight is 441 g/mol. The van der Waals surface area contributed by atoms with Gasteiger partial charge in [0.2, 0.25) is 0 Å². The zero-order valence-electron chi connectivity index (χ0n) is 16.4. The van der Waals surface area contributed by atoms with Crippen molar-refractivity contribution in [2.24, 2.45) is 0 Å². The van der Waals surface area contributed by atoms with Crippen molar-refractivity contribution >= 4 is 23.1 Å². The fraction of sp³-hybridized carbons (Fsp3) is 0.0870. The van der Waals surface area contributed by atoms with Crippen LogP contribution in [0.3, 0.4) is 0 Å². The van der Waals surface area contributed by atoms with E-state index in [-0.39, 0.29) is 29.1 Å². The Morgan fingerprint density at radius 3 is 2.25 bits per heavy atom. The molecule has 2 heterocycles. The summed E-state index contributed by atoms with van der Waals surface area (Å²) in [4.78, 5) is 31.1. The number of nitrogens with zero attached hydrogens (tertiary/aromatic N) is 2. The van der Waals surface area contributed by atoms with Crippen LogP contribution in [0, 0.1) is 5.82 Å². The van der Waals surface area contributed by atoms with Gasteiger partial charge in [-0.15, -0.1) is 0 Å². The van der Waals surface area contributed by atoms with Gasteiger partial charge >= 0.3 is 6.18 Å². The minimum absolute atomic E-state index is 0.0126. The van der Waals surface area contributed by atoms with Crippen LogP contribution in [-0.2, 0) is 22.3 Å². The fourth-order valence-corrected chi connectivity index (χ4v) is 3.31. The second-order valence-corrected chi connectivity index (χ2v) is 7.01. The maximum atomic E-state index is 13.4. The number of anilines is 1. The zero-order valence-corrected chi connectivity index (χ0v) is 16.4. The normalized spacial score (nSPS) is 14.3. The largest absolute Gasteiger partial charge is 0.416 e. The molecule has 0 radical (unpaired) electrons. The number of aromatic nitrogens is 1. The van der Waals surface area contributed by atoms with Gasteiger partial charge in [-0.05, 0) is 53.6 Å². The number of benzene rings is 2. The molecule has 1 aromatic heterocycles. The molecule has 2 aromatic carbocycles. The highest BCUT2D eigenvalue weighted by Gasteiger charge is 2.39. The van der Waals surface area contributed by atoms with Crippen molar-refractivity contribution < 1.29 is 27.2 Å². The van der Waals surface area contributed by atoms with E-state index in [1.165, 1.54) is 36.7 Å². The second kappa shape index (κ2) is 8.26. The third-order valence-electron chi connectivity index (χ3n) is 4.85. The smallest absolute Gasteiger partial charge is 0.350 e. The van der Waals surface area contributed by atoms with Crippen LogP contribution in [0.5, 0.6) is 0 Å². The van der Waals surface area contributed by atoms with Gasteiger partial charge in [0.1, 0.15) is 11.5 Å². The SMILES string of the molecule is O=C1C(Nc2cccc(C(F)(F)F)c2)=C(c2ccc(F)cc2)C(=O)N1Cc1ccncc1. The van der Waals surface area contributed by atoms with Gasteiger partial charge in [-0.25, -0.2) is 4.39 Å². The summed E-state index contributed by atoms with van der Waals surface area (Å²) >= 11 is 0. The van der Waals surface area contributed by atoms with Crippen LogP contribution in [0.2, 0.25) is 0 Å². The van der Waals surface area contributed by atoms with Crippen LogP contribution in [0.1, 0.15) is 16.7 Å². The Kier molecular flexibility index (Phi) is 5.48. The van der Waals surface area contributed by atoms with E-state index in [4.69, 9.17) is 0 Å². The average Bonchev–Trinajstić information content (AvgIpc) is 2.99. The maximum Gasteiger partial charge on any atom is 0.416 e. The van der Waals surface area contributed by atoms with E-state index < -0.39 is 29.4 Å². The molecule has 162 valence electrons. The van der Waals surface area contributed by atoms with Crippen LogP contribution in [0.15, 0.2) is 78.8 Å². The van der Waals surface area contributed by atoms with Gasteiger partial charge in [-0.1, -0.05) is 18.2 Å². The summed E-state index contributed by atoms with van der Waals surface area (Å²) in [5, 5.41) is 2.67. The Morgan fingerprint density at radius 2 is 1.59 bits per heavy atom. The molecule has 0 saturated heterocycles. The molecule has 1 aliphatic rings. The van der Waals surface area contributed by atoms with Crippen LogP contribution < -0.4 is 5.32 Å². The molecule has 4 rings (SSSR count). The Bertz CT molecular complexity index is 1210. The van der Waals surface area contributed by atoms with Crippen LogP contribution in [-0.4, -0.2) is 21.7 Å². The van der Waals surface area contributed by atoms with Crippen LogP contribution >= 0.6 is 0 Å². The lowest BCUT2D eigenvalue weighted by Crippen LogP contribution is -2.32. The third kappa shape index (κ3) is 4.22. The van der Waals surface area contributed by atoms with Crippen LogP contribution in [0.25, 0.3) is 5.57 Å². The van der Waals surface area contributed by atoms with E-state index in [9.17, 15) is 27.2 Å². The maximum absolute atomic E-state index is 13.4. The molecule has 0 fully saturated rings. The molecule has 2 amide bonds. The predicted molar refractivity (Wildman–Crippen MR) is 108 cm³/mol. The van der Waals surface area contributed by atoms with Gasteiger partial charge in [-0.3, -0.25) is 19.5 Å². The summed E-state index contributed by atoms with van der Waals surface area (Å²) in [6.45, 7) is -0.0569. The first-order valence-corrected chi connectivity index (χ1v) is 9.43. The minimum atomic E-state index is -4.57. The van der Waals surface area contributed by atoms with Gasteiger partial charge < -0.3 is 5.32 Å².